The van der Waals surface area contributed by atoms with Gasteiger partial charge in [-0.05, 0) is 33.4 Å². The normalized spacial score (nSPS) is 13.4. The fraction of sp³-hybridized carbons (Fsp3) is 1.00. The lowest BCUT2D eigenvalue weighted by molar-refractivity contribution is 0.112. The highest BCUT2D eigenvalue weighted by Gasteiger charge is 2.07. The van der Waals surface area contributed by atoms with Crippen molar-refractivity contribution in [3.63, 3.8) is 0 Å². The molecule has 0 radical (unpaired) electrons. The standard InChI is InChI=1S/C12H28N2O/c1-5-8-13-12(4)11-14(6-2)9-10-15-7-3/h12-13H,5-11H2,1-4H3. The third kappa shape index (κ3) is 8.85. The lowest BCUT2D eigenvalue weighted by atomic mass is 10.3. The van der Waals surface area contributed by atoms with Gasteiger partial charge in [-0.2, -0.15) is 0 Å². The molecule has 0 bridgehead atoms. The molecule has 15 heavy (non-hydrogen) atoms. The van der Waals surface area contributed by atoms with E-state index in [0.29, 0.717) is 6.04 Å². The van der Waals surface area contributed by atoms with Gasteiger partial charge in [-0.3, -0.25) is 4.90 Å². The summed E-state index contributed by atoms with van der Waals surface area (Å²) in [6, 6.07) is 0.575. The SMILES string of the molecule is CCCNC(C)CN(CC)CCOCC. The molecule has 0 aliphatic rings. The Hall–Kier alpha value is -0.120. The number of hydrogen-bond acceptors (Lipinski definition) is 3. The Morgan fingerprint density at radius 2 is 2.00 bits per heavy atom. The Labute approximate surface area is 95.2 Å². The van der Waals surface area contributed by atoms with E-state index >= 15 is 0 Å². The van der Waals surface area contributed by atoms with Gasteiger partial charge in [0.1, 0.15) is 0 Å². The van der Waals surface area contributed by atoms with Crippen LogP contribution in [0.2, 0.25) is 0 Å². The van der Waals surface area contributed by atoms with Gasteiger partial charge in [-0.1, -0.05) is 13.8 Å². The van der Waals surface area contributed by atoms with E-state index in [4.69, 9.17) is 4.74 Å². The zero-order chi connectivity index (χ0) is 11.5. The minimum atomic E-state index is 0.575. The monoisotopic (exact) mass is 216 g/mol. The first-order valence-corrected chi connectivity index (χ1v) is 6.28. The van der Waals surface area contributed by atoms with Crippen LogP contribution >= 0.6 is 0 Å². The summed E-state index contributed by atoms with van der Waals surface area (Å²) in [7, 11) is 0. The second-order valence-electron chi connectivity index (χ2n) is 3.95. The summed E-state index contributed by atoms with van der Waals surface area (Å²) in [4.78, 5) is 2.43. The number of nitrogens with one attached hydrogen (secondary N) is 1. The van der Waals surface area contributed by atoms with Crippen LogP contribution in [0, 0.1) is 0 Å². The fourth-order valence-corrected chi connectivity index (χ4v) is 1.56. The summed E-state index contributed by atoms with van der Waals surface area (Å²) in [5.41, 5.74) is 0. The molecule has 0 aliphatic heterocycles. The summed E-state index contributed by atoms with van der Waals surface area (Å²) in [6.45, 7) is 14.7. The molecule has 0 aliphatic carbocycles. The molecule has 0 amide bonds. The molecule has 3 nitrogen and oxygen atoms in total. The first-order valence-electron chi connectivity index (χ1n) is 6.28. The average Bonchev–Trinajstić information content (AvgIpc) is 2.25. The summed E-state index contributed by atoms with van der Waals surface area (Å²) in [5, 5.41) is 3.51. The number of ether oxygens (including phenoxy) is 1. The van der Waals surface area contributed by atoms with E-state index in [1.54, 1.807) is 0 Å². The van der Waals surface area contributed by atoms with Crippen molar-refractivity contribution in [2.45, 2.75) is 40.2 Å². The lowest BCUT2D eigenvalue weighted by Gasteiger charge is -2.24. The minimum absolute atomic E-state index is 0.575. The number of nitrogens with zero attached hydrogens (tertiary/aromatic N) is 1. The maximum atomic E-state index is 5.37. The van der Waals surface area contributed by atoms with Gasteiger partial charge in [0.15, 0.2) is 0 Å². The van der Waals surface area contributed by atoms with E-state index in [1.165, 1.54) is 6.42 Å². The smallest absolute Gasteiger partial charge is 0.0593 e. The maximum Gasteiger partial charge on any atom is 0.0593 e. The van der Waals surface area contributed by atoms with Crippen LogP contribution in [0.3, 0.4) is 0 Å². The Kier molecular flexibility index (Phi) is 10.3. The van der Waals surface area contributed by atoms with Gasteiger partial charge in [0.05, 0.1) is 6.61 Å². The molecular weight excluding hydrogens is 188 g/mol. The third-order valence-corrected chi connectivity index (χ3v) is 2.48. The molecule has 0 spiro atoms. The van der Waals surface area contributed by atoms with E-state index in [1.807, 2.05) is 6.92 Å². The first-order chi connectivity index (χ1) is 7.24. The molecule has 1 atom stereocenters. The van der Waals surface area contributed by atoms with Crippen LogP contribution in [0.4, 0.5) is 0 Å². The highest BCUT2D eigenvalue weighted by atomic mass is 16.5. The van der Waals surface area contributed by atoms with Crippen LogP contribution in [0.25, 0.3) is 0 Å². The third-order valence-electron chi connectivity index (χ3n) is 2.48. The van der Waals surface area contributed by atoms with E-state index in [0.717, 1.165) is 39.4 Å². The highest BCUT2D eigenvalue weighted by molar-refractivity contribution is 4.66. The molecule has 0 aromatic rings. The van der Waals surface area contributed by atoms with Gasteiger partial charge in [0.2, 0.25) is 0 Å². The molecule has 92 valence electrons. The zero-order valence-electron chi connectivity index (χ0n) is 10.9. The van der Waals surface area contributed by atoms with Crippen LogP contribution < -0.4 is 5.32 Å². The second kappa shape index (κ2) is 10.4. The van der Waals surface area contributed by atoms with Crippen molar-refractivity contribution in [3.8, 4) is 0 Å². The average molecular weight is 216 g/mol. The van der Waals surface area contributed by atoms with Crippen molar-refractivity contribution in [3.05, 3.63) is 0 Å². The predicted molar refractivity (Wildman–Crippen MR) is 66.4 cm³/mol. The molecule has 1 N–H and O–H groups in total. The van der Waals surface area contributed by atoms with Gasteiger partial charge in [-0.15, -0.1) is 0 Å². The molecule has 1 unspecified atom stereocenters. The van der Waals surface area contributed by atoms with Crippen molar-refractivity contribution in [1.29, 1.82) is 0 Å². The molecule has 0 heterocycles. The second-order valence-corrected chi connectivity index (χ2v) is 3.95. The van der Waals surface area contributed by atoms with Crippen LogP contribution in [0.1, 0.15) is 34.1 Å². The largest absolute Gasteiger partial charge is 0.380 e. The van der Waals surface area contributed by atoms with Gasteiger partial charge < -0.3 is 10.1 Å². The number of likely N-dealkylation sites (N-methyl/N-ethyl adjacent to an activating group) is 1. The molecular formula is C12H28N2O. The van der Waals surface area contributed by atoms with Crippen molar-refractivity contribution in [2.75, 3.05) is 39.4 Å². The zero-order valence-corrected chi connectivity index (χ0v) is 10.9. The van der Waals surface area contributed by atoms with Crippen molar-refractivity contribution in [1.82, 2.24) is 10.2 Å². The topological polar surface area (TPSA) is 24.5 Å². The van der Waals surface area contributed by atoms with Crippen molar-refractivity contribution >= 4 is 0 Å². The molecule has 0 aromatic carbocycles. The van der Waals surface area contributed by atoms with E-state index in [9.17, 15) is 0 Å². The molecule has 0 saturated heterocycles. The van der Waals surface area contributed by atoms with Crippen LogP contribution in [-0.2, 0) is 4.74 Å². The van der Waals surface area contributed by atoms with Crippen molar-refractivity contribution < 1.29 is 4.74 Å². The minimum Gasteiger partial charge on any atom is -0.380 e. The van der Waals surface area contributed by atoms with E-state index in [2.05, 4.69) is 31.0 Å². The molecule has 0 fully saturated rings. The molecule has 3 heteroatoms. The molecule has 0 rings (SSSR count). The maximum absolute atomic E-state index is 5.37. The number of hydrogen-bond donors (Lipinski definition) is 1. The van der Waals surface area contributed by atoms with E-state index in [-0.39, 0.29) is 0 Å². The van der Waals surface area contributed by atoms with Gasteiger partial charge in [0.25, 0.3) is 0 Å². The molecule has 0 aromatic heterocycles. The highest BCUT2D eigenvalue weighted by Crippen LogP contribution is 1.93. The number of rotatable bonds is 10. The predicted octanol–water partition coefficient (Wildman–Crippen LogP) is 1.73. The van der Waals surface area contributed by atoms with Crippen LogP contribution in [0.5, 0.6) is 0 Å². The summed E-state index contributed by atoms with van der Waals surface area (Å²) in [6.07, 6.45) is 1.20. The molecule has 0 saturated carbocycles. The fourth-order valence-electron chi connectivity index (χ4n) is 1.56. The summed E-state index contributed by atoms with van der Waals surface area (Å²) < 4.78 is 5.37. The van der Waals surface area contributed by atoms with Gasteiger partial charge in [0, 0.05) is 25.7 Å². The summed E-state index contributed by atoms with van der Waals surface area (Å²) >= 11 is 0. The van der Waals surface area contributed by atoms with E-state index < -0.39 is 0 Å². The Bertz CT molecular complexity index is 131. The van der Waals surface area contributed by atoms with Gasteiger partial charge in [-0.25, -0.2) is 0 Å². The summed E-state index contributed by atoms with van der Waals surface area (Å²) in [5.74, 6) is 0. The van der Waals surface area contributed by atoms with Crippen LogP contribution in [0.15, 0.2) is 0 Å². The first kappa shape index (κ1) is 14.9. The van der Waals surface area contributed by atoms with Crippen LogP contribution in [-0.4, -0.2) is 50.3 Å². The van der Waals surface area contributed by atoms with Crippen molar-refractivity contribution in [2.24, 2.45) is 0 Å². The Morgan fingerprint density at radius 1 is 1.27 bits per heavy atom. The Balaban J connectivity index is 3.57. The lowest BCUT2D eigenvalue weighted by Crippen LogP contribution is -2.40. The Morgan fingerprint density at radius 3 is 2.53 bits per heavy atom. The quantitative estimate of drug-likeness (QED) is 0.563. The van der Waals surface area contributed by atoms with Gasteiger partial charge >= 0.3 is 0 Å².